The maximum absolute atomic E-state index is 12.0. The highest BCUT2D eigenvalue weighted by molar-refractivity contribution is 5.77. The van der Waals surface area contributed by atoms with Gasteiger partial charge in [-0.25, -0.2) is 0 Å². The van der Waals surface area contributed by atoms with E-state index in [2.05, 4.69) is 30.9 Å². The lowest BCUT2D eigenvalue weighted by Gasteiger charge is -2.44. The highest BCUT2D eigenvalue weighted by Gasteiger charge is 2.40. The van der Waals surface area contributed by atoms with Gasteiger partial charge in [0, 0.05) is 6.54 Å². The van der Waals surface area contributed by atoms with E-state index in [0.717, 1.165) is 13.0 Å². The summed E-state index contributed by atoms with van der Waals surface area (Å²) in [5, 5.41) is 0. The Morgan fingerprint density at radius 2 is 1.84 bits per heavy atom. The maximum atomic E-state index is 12.0. The molecule has 0 radical (unpaired) electrons. The standard InChI is InChI=1S/C16H19NO2/c1-11-8-14-16(18)19-10-15(17(14)9-12(11)2)13-6-4-3-5-7-13/h3-7,14-15H,8-10H2,1-2H3/t14-,15+/m0/s1. The van der Waals surface area contributed by atoms with Crippen molar-refractivity contribution < 1.29 is 9.53 Å². The highest BCUT2D eigenvalue weighted by atomic mass is 16.5. The fraction of sp³-hybridized carbons (Fsp3) is 0.438. The number of ether oxygens (including phenoxy) is 1. The minimum Gasteiger partial charge on any atom is -0.462 e. The third-order valence-electron chi connectivity index (χ3n) is 4.29. The van der Waals surface area contributed by atoms with E-state index >= 15 is 0 Å². The van der Waals surface area contributed by atoms with Gasteiger partial charge in [0.25, 0.3) is 0 Å². The molecule has 0 N–H and O–H groups in total. The summed E-state index contributed by atoms with van der Waals surface area (Å²) in [7, 11) is 0. The molecule has 0 unspecified atom stereocenters. The molecule has 3 rings (SSSR count). The molecule has 0 amide bonds. The third-order valence-corrected chi connectivity index (χ3v) is 4.29. The van der Waals surface area contributed by atoms with Crippen molar-refractivity contribution in [2.24, 2.45) is 0 Å². The van der Waals surface area contributed by atoms with E-state index in [4.69, 9.17) is 4.74 Å². The first-order valence-corrected chi connectivity index (χ1v) is 6.79. The normalized spacial score (nSPS) is 28.0. The average molecular weight is 257 g/mol. The van der Waals surface area contributed by atoms with Crippen molar-refractivity contribution in [1.29, 1.82) is 0 Å². The van der Waals surface area contributed by atoms with E-state index in [0.29, 0.717) is 6.61 Å². The second-order valence-electron chi connectivity index (χ2n) is 5.51. The van der Waals surface area contributed by atoms with Gasteiger partial charge in [0.05, 0.1) is 6.04 Å². The molecule has 100 valence electrons. The highest BCUT2D eigenvalue weighted by Crippen LogP contribution is 2.34. The Balaban J connectivity index is 1.94. The van der Waals surface area contributed by atoms with Gasteiger partial charge in [0.1, 0.15) is 12.6 Å². The van der Waals surface area contributed by atoms with Crippen molar-refractivity contribution >= 4 is 5.97 Å². The van der Waals surface area contributed by atoms with Crippen LogP contribution in [-0.4, -0.2) is 30.1 Å². The lowest BCUT2D eigenvalue weighted by Crippen LogP contribution is -2.52. The summed E-state index contributed by atoms with van der Waals surface area (Å²) in [6.45, 7) is 5.61. The summed E-state index contributed by atoms with van der Waals surface area (Å²) in [5.74, 6) is -0.0703. The van der Waals surface area contributed by atoms with Gasteiger partial charge in [-0.15, -0.1) is 0 Å². The average Bonchev–Trinajstić information content (AvgIpc) is 2.42. The van der Waals surface area contributed by atoms with Crippen molar-refractivity contribution in [2.45, 2.75) is 32.4 Å². The number of carbonyl (C=O) groups is 1. The Labute approximate surface area is 113 Å². The molecule has 2 atom stereocenters. The van der Waals surface area contributed by atoms with Crippen molar-refractivity contribution in [3.8, 4) is 0 Å². The molecule has 3 heteroatoms. The molecule has 2 aliphatic rings. The van der Waals surface area contributed by atoms with E-state index in [-0.39, 0.29) is 18.1 Å². The predicted octanol–water partition coefficient (Wildman–Crippen LogP) is 2.70. The van der Waals surface area contributed by atoms with Crippen LogP contribution < -0.4 is 0 Å². The van der Waals surface area contributed by atoms with Crippen molar-refractivity contribution in [3.05, 3.63) is 47.0 Å². The van der Waals surface area contributed by atoms with Gasteiger partial charge in [-0.05, 0) is 25.8 Å². The maximum Gasteiger partial charge on any atom is 0.323 e. The molecule has 2 heterocycles. The minimum atomic E-state index is -0.109. The van der Waals surface area contributed by atoms with Crippen LogP contribution in [0.15, 0.2) is 41.5 Å². The Bertz CT molecular complexity index is 521. The van der Waals surface area contributed by atoms with Gasteiger partial charge in [-0.2, -0.15) is 0 Å². The van der Waals surface area contributed by atoms with Crippen LogP contribution >= 0.6 is 0 Å². The van der Waals surface area contributed by atoms with Crippen LogP contribution in [0.3, 0.4) is 0 Å². The first kappa shape index (κ1) is 12.4. The summed E-state index contributed by atoms with van der Waals surface area (Å²) in [4.78, 5) is 14.3. The summed E-state index contributed by atoms with van der Waals surface area (Å²) < 4.78 is 5.39. The van der Waals surface area contributed by atoms with Gasteiger partial charge >= 0.3 is 5.97 Å². The Morgan fingerprint density at radius 1 is 1.11 bits per heavy atom. The number of hydrogen-bond acceptors (Lipinski definition) is 3. The molecule has 1 saturated heterocycles. The largest absolute Gasteiger partial charge is 0.462 e. The van der Waals surface area contributed by atoms with Gasteiger partial charge in [0.15, 0.2) is 0 Å². The van der Waals surface area contributed by atoms with Crippen LogP contribution in [0.25, 0.3) is 0 Å². The molecule has 0 aliphatic carbocycles. The zero-order valence-corrected chi connectivity index (χ0v) is 11.4. The zero-order chi connectivity index (χ0) is 13.4. The van der Waals surface area contributed by atoms with Gasteiger partial charge in [-0.1, -0.05) is 41.5 Å². The van der Waals surface area contributed by atoms with Gasteiger partial charge < -0.3 is 4.74 Å². The van der Waals surface area contributed by atoms with E-state index in [9.17, 15) is 4.79 Å². The zero-order valence-electron chi connectivity index (χ0n) is 11.4. The summed E-state index contributed by atoms with van der Waals surface area (Å²) in [5.41, 5.74) is 3.94. The number of hydrogen-bond donors (Lipinski definition) is 0. The predicted molar refractivity (Wildman–Crippen MR) is 73.6 cm³/mol. The summed E-state index contributed by atoms with van der Waals surface area (Å²) in [6, 6.07) is 10.4. The van der Waals surface area contributed by atoms with E-state index in [1.807, 2.05) is 18.2 Å². The van der Waals surface area contributed by atoms with Gasteiger partial charge in [-0.3, -0.25) is 9.69 Å². The summed E-state index contributed by atoms with van der Waals surface area (Å²) >= 11 is 0. The fourth-order valence-electron chi connectivity index (χ4n) is 2.96. The van der Waals surface area contributed by atoms with Crippen LogP contribution in [0, 0.1) is 0 Å². The number of benzene rings is 1. The number of morpholine rings is 1. The lowest BCUT2D eigenvalue weighted by molar-refractivity contribution is -0.163. The van der Waals surface area contributed by atoms with Crippen LogP contribution in [0.1, 0.15) is 31.9 Å². The van der Waals surface area contributed by atoms with Crippen molar-refractivity contribution in [2.75, 3.05) is 13.2 Å². The van der Waals surface area contributed by atoms with Gasteiger partial charge in [0.2, 0.25) is 0 Å². The van der Waals surface area contributed by atoms with E-state index in [1.165, 1.54) is 16.7 Å². The Hall–Kier alpha value is -1.61. The first-order valence-electron chi connectivity index (χ1n) is 6.79. The molecule has 1 aromatic rings. The Morgan fingerprint density at radius 3 is 2.58 bits per heavy atom. The molecule has 2 aliphatic heterocycles. The van der Waals surface area contributed by atoms with Crippen LogP contribution in [0.2, 0.25) is 0 Å². The van der Waals surface area contributed by atoms with Crippen molar-refractivity contribution in [1.82, 2.24) is 4.90 Å². The summed E-state index contributed by atoms with van der Waals surface area (Å²) in [6.07, 6.45) is 0.800. The SMILES string of the molecule is CC1=C(C)CN2[C@@H](c3ccccc3)COC(=O)[C@@H]2C1. The number of carbonyl (C=O) groups excluding carboxylic acids is 1. The van der Waals surface area contributed by atoms with E-state index < -0.39 is 0 Å². The molecular weight excluding hydrogens is 238 g/mol. The van der Waals surface area contributed by atoms with Crippen LogP contribution in [0.5, 0.6) is 0 Å². The van der Waals surface area contributed by atoms with Crippen LogP contribution in [-0.2, 0) is 9.53 Å². The monoisotopic (exact) mass is 257 g/mol. The molecule has 0 aromatic heterocycles. The number of fused-ring (bicyclic) bond motifs is 1. The minimum absolute atomic E-state index is 0.0703. The smallest absolute Gasteiger partial charge is 0.323 e. The molecule has 19 heavy (non-hydrogen) atoms. The molecule has 1 aromatic carbocycles. The topological polar surface area (TPSA) is 29.5 Å². The molecule has 1 fully saturated rings. The molecule has 3 nitrogen and oxygen atoms in total. The van der Waals surface area contributed by atoms with Crippen molar-refractivity contribution in [3.63, 3.8) is 0 Å². The molecule has 0 spiro atoms. The lowest BCUT2D eigenvalue weighted by atomic mass is 9.91. The van der Waals surface area contributed by atoms with E-state index in [1.54, 1.807) is 0 Å². The quantitative estimate of drug-likeness (QED) is 0.572. The Kier molecular flexibility index (Phi) is 3.15. The second-order valence-corrected chi connectivity index (χ2v) is 5.51. The molecule has 0 saturated carbocycles. The second kappa shape index (κ2) is 4.82. The first-order chi connectivity index (χ1) is 9.16. The molecular formula is C16H19NO2. The van der Waals surface area contributed by atoms with Crippen LogP contribution in [0.4, 0.5) is 0 Å². The number of cyclic esters (lactones) is 1. The number of esters is 1. The fourth-order valence-corrected chi connectivity index (χ4v) is 2.96. The molecule has 0 bridgehead atoms. The number of rotatable bonds is 1. The third kappa shape index (κ3) is 2.19. The number of nitrogens with zero attached hydrogens (tertiary/aromatic N) is 1.